The molecule has 0 bridgehead atoms. The molecule has 4 rings (SSSR count). The van der Waals surface area contributed by atoms with E-state index in [4.69, 9.17) is 23.2 Å². The van der Waals surface area contributed by atoms with E-state index in [1.807, 2.05) is 11.0 Å². The van der Waals surface area contributed by atoms with E-state index in [2.05, 4.69) is 35.2 Å². The number of amides is 2. The number of likely N-dealkylation sites (tertiary alicyclic amines) is 1. The van der Waals surface area contributed by atoms with Crippen molar-refractivity contribution in [2.75, 3.05) is 45.8 Å². The van der Waals surface area contributed by atoms with Gasteiger partial charge in [0, 0.05) is 38.7 Å². The molecule has 35 heavy (non-hydrogen) atoms. The Bertz CT molecular complexity index is 1040. The zero-order valence-electron chi connectivity index (χ0n) is 20.0. The van der Waals surface area contributed by atoms with Crippen LogP contribution in [0.15, 0.2) is 54.6 Å². The summed E-state index contributed by atoms with van der Waals surface area (Å²) >= 11 is 12.0. The minimum atomic E-state index is -0.0907. The maximum Gasteiger partial charge on any atom is 0.246 e. The molecule has 2 aromatic carbocycles. The Morgan fingerprint density at radius 1 is 0.914 bits per heavy atom. The molecular formula is C28H33Cl2N3O2. The second-order valence-electron chi connectivity index (χ2n) is 9.34. The van der Waals surface area contributed by atoms with Crippen molar-refractivity contribution in [2.24, 2.45) is 0 Å². The average molecular weight is 514 g/mol. The summed E-state index contributed by atoms with van der Waals surface area (Å²) in [5.41, 5.74) is 2.27. The molecule has 2 amide bonds. The highest BCUT2D eigenvalue weighted by atomic mass is 35.5. The van der Waals surface area contributed by atoms with Crippen LogP contribution in [0.1, 0.15) is 42.7 Å². The monoisotopic (exact) mass is 513 g/mol. The van der Waals surface area contributed by atoms with Crippen molar-refractivity contribution in [2.45, 2.75) is 31.6 Å². The number of carbonyl (C=O) groups is 2. The Hall–Kier alpha value is -2.34. The molecule has 0 spiro atoms. The molecule has 0 saturated carbocycles. The third-order valence-electron chi connectivity index (χ3n) is 7.02. The number of piperidine rings is 1. The molecule has 2 fully saturated rings. The molecule has 0 aliphatic carbocycles. The molecule has 0 atom stereocenters. The third-order valence-corrected chi connectivity index (χ3v) is 7.76. The van der Waals surface area contributed by atoms with Crippen molar-refractivity contribution >= 4 is 41.1 Å². The van der Waals surface area contributed by atoms with Gasteiger partial charge in [0.25, 0.3) is 0 Å². The summed E-state index contributed by atoms with van der Waals surface area (Å²) in [6, 6.07) is 16.1. The van der Waals surface area contributed by atoms with Crippen LogP contribution in [0.5, 0.6) is 0 Å². The molecule has 5 nitrogen and oxygen atoms in total. The molecule has 0 N–H and O–H groups in total. The van der Waals surface area contributed by atoms with Crippen molar-refractivity contribution in [3.63, 3.8) is 0 Å². The zero-order valence-corrected chi connectivity index (χ0v) is 21.6. The molecule has 186 valence electrons. The molecular weight excluding hydrogens is 481 g/mol. The highest BCUT2D eigenvalue weighted by molar-refractivity contribution is 6.42. The molecule has 2 aliphatic heterocycles. The van der Waals surface area contributed by atoms with Gasteiger partial charge in [-0.3, -0.25) is 9.59 Å². The van der Waals surface area contributed by atoms with E-state index in [-0.39, 0.29) is 11.8 Å². The summed E-state index contributed by atoms with van der Waals surface area (Å²) in [7, 11) is 0. The van der Waals surface area contributed by atoms with Gasteiger partial charge in [0.2, 0.25) is 11.8 Å². The van der Waals surface area contributed by atoms with Crippen LogP contribution < -0.4 is 0 Å². The molecule has 7 heteroatoms. The highest BCUT2D eigenvalue weighted by Gasteiger charge is 2.24. The van der Waals surface area contributed by atoms with E-state index in [1.165, 1.54) is 18.4 Å². The maximum atomic E-state index is 12.7. The van der Waals surface area contributed by atoms with Gasteiger partial charge < -0.3 is 14.7 Å². The Kier molecular flexibility index (Phi) is 9.25. The number of benzene rings is 2. The number of nitrogens with zero attached hydrogens (tertiary/aromatic N) is 3. The summed E-state index contributed by atoms with van der Waals surface area (Å²) in [5.74, 6) is 0.706. The van der Waals surface area contributed by atoms with Crippen molar-refractivity contribution in [3.05, 3.63) is 75.8 Å². The number of rotatable bonds is 7. The second-order valence-corrected chi connectivity index (χ2v) is 10.2. The standard InChI is InChI=1S/C28H33Cl2N3O2/c29-25-9-7-22(21-26(25)30)8-10-27(34)33-18-13-28(35)32(19-20-33)15-4-14-31-16-11-24(12-17-31)23-5-2-1-3-6-23/h1-3,5-10,21,24H,4,11-20H2/b10-8+. The minimum Gasteiger partial charge on any atom is -0.341 e. The average Bonchev–Trinajstić information content (AvgIpc) is 3.07. The predicted octanol–water partition coefficient (Wildman–Crippen LogP) is 5.34. The highest BCUT2D eigenvalue weighted by Crippen LogP contribution is 2.27. The number of halogens is 2. The Balaban J connectivity index is 1.19. The van der Waals surface area contributed by atoms with E-state index in [0.29, 0.717) is 42.0 Å². The lowest BCUT2D eigenvalue weighted by molar-refractivity contribution is -0.130. The summed E-state index contributed by atoms with van der Waals surface area (Å²) in [5, 5.41) is 0.941. The first-order valence-electron chi connectivity index (χ1n) is 12.5. The predicted molar refractivity (Wildman–Crippen MR) is 143 cm³/mol. The summed E-state index contributed by atoms with van der Waals surface area (Å²) in [6.45, 7) is 5.58. The van der Waals surface area contributed by atoms with Gasteiger partial charge in [-0.15, -0.1) is 0 Å². The van der Waals surface area contributed by atoms with Crippen LogP contribution in [0.2, 0.25) is 10.0 Å². The summed E-state index contributed by atoms with van der Waals surface area (Å²) in [6.07, 6.45) is 7.00. The van der Waals surface area contributed by atoms with Gasteiger partial charge in [-0.2, -0.15) is 0 Å². The first-order valence-corrected chi connectivity index (χ1v) is 13.2. The fourth-order valence-electron chi connectivity index (χ4n) is 4.91. The zero-order chi connectivity index (χ0) is 24.6. The largest absolute Gasteiger partial charge is 0.341 e. The third kappa shape index (κ3) is 7.33. The Morgan fingerprint density at radius 3 is 2.43 bits per heavy atom. The van der Waals surface area contributed by atoms with Gasteiger partial charge in [0.15, 0.2) is 0 Å². The molecule has 0 radical (unpaired) electrons. The maximum absolute atomic E-state index is 12.7. The van der Waals surface area contributed by atoms with Gasteiger partial charge >= 0.3 is 0 Å². The Morgan fingerprint density at radius 2 is 1.69 bits per heavy atom. The van der Waals surface area contributed by atoms with Gasteiger partial charge in [0.1, 0.15) is 0 Å². The molecule has 0 aromatic heterocycles. The SMILES string of the molecule is O=C(/C=C/c1ccc(Cl)c(Cl)c1)N1CCC(=O)N(CCCN2CCC(c3ccccc3)CC2)CC1. The minimum absolute atomic E-state index is 0.0907. The van der Waals surface area contributed by atoms with Gasteiger partial charge in [-0.1, -0.05) is 59.6 Å². The molecule has 2 aliphatic rings. The first-order chi connectivity index (χ1) is 17.0. The lowest BCUT2D eigenvalue weighted by Gasteiger charge is -2.32. The van der Waals surface area contributed by atoms with Crippen LogP contribution in [0.25, 0.3) is 6.08 Å². The van der Waals surface area contributed by atoms with Gasteiger partial charge in [-0.05, 0) is 74.2 Å². The number of hydrogen-bond acceptors (Lipinski definition) is 3. The van der Waals surface area contributed by atoms with Crippen LogP contribution in [-0.4, -0.2) is 72.3 Å². The van der Waals surface area contributed by atoms with Crippen LogP contribution in [0, 0.1) is 0 Å². The number of hydrogen-bond donors (Lipinski definition) is 0. The normalized spacial score (nSPS) is 18.3. The molecule has 0 unspecified atom stereocenters. The van der Waals surface area contributed by atoms with Crippen molar-refractivity contribution < 1.29 is 9.59 Å². The van der Waals surface area contributed by atoms with Crippen LogP contribution in [0.3, 0.4) is 0 Å². The lowest BCUT2D eigenvalue weighted by Crippen LogP contribution is -2.38. The molecule has 2 aromatic rings. The number of carbonyl (C=O) groups excluding carboxylic acids is 2. The second kappa shape index (κ2) is 12.6. The van der Waals surface area contributed by atoms with Crippen LogP contribution in [0.4, 0.5) is 0 Å². The van der Waals surface area contributed by atoms with E-state index in [0.717, 1.165) is 38.2 Å². The Labute approximate surface area is 218 Å². The van der Waals surface area contributed by atoms with Gasteiger partial charge in [-0.25, -0.2) is 0 Å². The quantitative estimate of drug-likeness (QED) is 0.469. The van der Waals surface area contributed by atoms with E-state index < -0.39 is 0 Å². The van der Waals surface area contributed by atoms with Crippen molar-refractivity contribution in [1.29, 1.82) is 0 Å². The van der Waals surface area contributed by atoms with Crippen LogP contribution in [-0.2, 0) is 9.59 Å². The molecule has 2 saturated heterocycles. The van der Waals surface area contributed by atoms with E-state index in [1.54, 1.807) is 29.2 Å². The van der Waals surface area contributed by atoms with Crippen LogP contribution >= 0.6 is 23.2 Å². The van der Waals surface area contributed by atoms with Gasteiger partial charge in [0.05, 0.1) is 10.0 Å². The summed E-state index contributed by atoms with van der Waals surface area (Å²) < 4.78 is 0. The van der Waals surface area contributed by atoms with Crippen molar-refractivity contribution in [3.8, 4) is 0 Å². The topological polar surface area (TPSA) is 43.9 Å². The fourth-order valence-corrected chi connectivity index (χ4v) is 5.22. The lowest BCUT2D eigenvalue weighted by atomic mass is 9.89. The summed E-state index contributed by atoms with van der Waals surface area (Å²) in [4.78, 5) is 31.5. The molecule has 2 heterocycles. The first kappa shape index (κ1) is 25.7. The fraction of sp³-hybridized carbons (Fsp3) is 0.429. The van der Waals surface area contributed by atoms with Crippen molar-refractivity contribution in [1.82, 2.24) is 14.7 Å². The smallest absolute Gasteiger partial charge is 0.246 e. The van der Waals surface area contributed by atoms with E-state index >= 15 is 0 Å². The van der Waals surface area contributed by atoms with E-state index in [9.17, 15) is 9.59 Å².